The number of hydrogen-bond donors (Lipinski definition) is 4. The molecule has 0 spiro atoms. The van der Waals surface area contributed by atoms with Crippen molar-refractivity contribution in [3.63, 3.8) is 0 Å². The van der Waals surface area contributed by atoms with Gasteiger partial charge in [-0.25, -0.2) is 4.98 Å². The molecule has 1 aromatic heterocycles. The van der Waals surface area contributed by atoms with Gasteiger partial charge in [-0.15, -0.1) is 0 Å². The first-order valence-corrected chi connectivity index (χ1v) is 11.6. The largest absolute Gasteiger partial charge is 0.377 e. The van der Waals surface area contributed by atoms with Gasteiger partial charge < -0.3 is 15.7 Å². The van der Waals surface area contributed by atoms with Gasteiger partial charge in [0.2, 0.25) is 5.91 Å². The third-order valence-electron chi connectivity index (χ3n) is 6.28. The zero-order valence-electron chi connectivity index (χ0n) is 19.5. The average Bonchev–Trinajstić information content (AvgIpc) is 2.86. The molecule has 3 aromatic rings. The SMILES string of the molecule is CN[C@@H](C)C(=O)Nc1cnc(-c2ccccc2)n(CC(O)NC2CCCc3ccccc32)c1=O. The van der Waals surface area contributed by atoms with E-state index in [4.69, 9.17) is 0 Å². The zero-order chi connectivity index (χ0) is 24.1. The summed E-state index contributed by atoms with van der Waals surface area (Å²) in [7, 11) is 1.67. The second-order valence-electron chi connectivity index (χ2n) is 8.60. The van der Waals surface area contributed by atoms with Crippen LogP contribution in [0.1, 0.15) is 36.9 Å². The van der Waals surface area contributed by atoms with E-state index in [2.05, 4.69) is 33.1 Å². The van der Waals surface area contributed by atoms with E-state index in [0.717, 1.165) is 24.8 Å². The minimum absolute atomic E-state index is 0.00292. The lowest BCUT2D eigenvalue weighted by Gasteiger charge is -2.29. The van der Waals surface area contributed by atoms with Crippen molar-refractivity contribution in [3.05, 3.63) is 82.3 Å². The van der Waals surface area contributed by atoms with E-state index in [-0.39, 0.29) is 24.2 Å². The lowest BCUT2D eigenvalue weighted by atomic mass is 9.87. The van der Waals surface area contributed by atoms with Crippen LogP contribution in [0.4, 0.5) is 5.69 Å². The van der Waals surface area contributed by atoms with E-state index in [9.17, 15) is 14.7 Å². The highest BCUT2D eigenvalue weighted by Crippen LogP contribution is 2.29. The minimum atomic E-state index is -0.986. The molecule has 178 valence electrons. The summed E-state index contributed by atoms with van der Waals surface area (Å²) < 4.78 is 1.42. The summed E-state index contributed by atoms with van der Waals surface area (Å²) in [4.78, 5) is 30.2. The molecule has 4 N–H and O–H groups in total. The van der Waals surface area contributed by atoms with E-state index >= 15 is 0 Å². The number of aryl methyl sites for hydroxylation is 1. The molecule has 3 atom stereocenters. The molecule has 4 rings (SSSR count). The molecule has 1 heterocycles. The van der Waals surface area contributed by atoms with Crippen LogP contribution in [-0.2, 0) is 17.8 Å². The van der Waals surface area contributed by atoms with Crippen LogP contribution in [0.3, 0.4) is 0 Å². The highest BCUT2D eigenvalue weighted by Gasteiger charge is 2.23. The van der Waals surface area contributed by atoms with Crippen LogP contribution >= 0.6 is 0 Å². The quantitative estimate of drug-likeness (QED) is 0.384. The predicted octanol–water partition coefficient (Wildman–Crippen LogP) is 2.44. The number of carbonyl (C=O) groups excluding carboxylic acids is 1. The molecule has 0 fully saturated rings. The molecule has 2 aromatic carbocycles. The monoisotopic (exact) mass is 461 g/mol. The Bertz CT molecular complexity index is 1190. The fourth-order valence-electron chi connectivity index (χ4n) is 4.32. The number of aliphatic hydroxyl groups is 1. The van der Waals surface area contributed by atoms with Crippen molar-refractivity contribution in [1.82, 2.24) is 20.2 Å². The molecule has 8 nitrogen and oxygen atoms in total. The molecule has 34 heavy (non-hydrogen) atoms. The van der Waals surface area contributed by atoms with Crippen molar-refractivity contribution in [2.75, 3.05) is 12.4 Å². The standard InChI is InChI=1S/C26H31N5O3/c1-17(27-2)25(33)30-22-15-28-24(19-10-4-3-5-11-19)31(26(22)34)16-23(32)29-21-14-8-12-18-9-6-7-13-20(18)21/h3-7,9-11,13,15,17,21,23,27,29,32H,8,12,14,16H2,1-2H3,(H,30,33)/t17-,21?,23?/m0/s1. The number of nitrogens with one attached hydrogen (secondary N) is 3. The Hall–Kier alpha value is -3.33. The predicted molar refractivity (Wildman–Crippen MR) is 132 cm³/mol. The number of anilines is 1. The number of amides is 1. The lowest BCUT2D eigenvalue weighted by Crippen LogP contribution is -2.41. The van der Waals surface area contributed by atoms with Gasteiger partial charge in [0.05, 0.1) is 18.8 Å². The van der Waals surface area contributed by atoms with Crippen LogP contribution < -0.4 is 21.5 Å². The molecule has 1 aliphatic carbocycles. The number of likely N-dealkylation sites (N-methyl/N-ethyl adjacent to an activating group) is 1. The number of aliphatic hydroxyl groups excluding tert-OH is 1. The van der Waals surface area contributed by atoms with Crippen LogP contribution in [0, 0.1) is 0 Å². The second-order valence-corrected chi connectivity index (χ2v) is 8.60. The molecule has 0 bridgehead atoms. The van der Waals surface area contributed by atoms with Gasteiger partial charge in [-0.3, -0.25) is 19.5 Å². The highest BCUT2D eigenvalue weighted by atomic mass is 16.3. The normalized spacial score (nSPS) is 17.0. The third-order valence-corrected chi connectivity index (χ3v) is 6.28. The summed E-state index contributed by atoms with van der Waals surface area (Å²) in [5.41, 5.74) is 2.86. The maximum Gasteiger partial charge on any atom is 0.277 e. The number of carbonyl (C=O) groups is 1. The number of hydrogen-bond acceptors (Lipinski definition) is 6. The second kappa shape index (κ2) is 10.7. The third kappa shape index (κ3) is 5.25. The van der Waals surface area contributed by atoms with Gasteiger partial charge in [-0.1, -0.05) is 54.6 Å². The van der Waals surface area contributed by atoms with Crippen molar-refractivity contribution in [2.45, 2.75) is 51.0 Å². The van der Waals surface area contributed by atoms with Crippen molar-refractivity contribution in [3.8, 4) is 11.4 Å². The summed E-state index contributed by atoms with van der Waals surface area (Å²) in [5.74, 6) is 0.0908. The molecule has 0 radical (unpaired) electrons. The smallest absolute Gasteiger partial charge is 0.277 e. The average molecular weight is 462 g/mol. The fraction of sp³-hybridized carbons (Fsp3) is 0.346. The maximum absolute atomic E-state index is 13.4. The van der Waals surface area contributed by atoms with Crippen LogP contribution in [-0.4, -0.2) is 39.9 Å². The first-order valence-electron chi connectivity index (χ1n) is 11.6. The van der Waals surface area contributed by atoms with Crippen molar-refractivity contribution in [2.24, 2.45) is 0 Å². The molecule has 0 saturated heterocycles. The summed E-state index contributed by atoms with van der Waals surface area (Å²) in [5, 5.41) is 19.8. The minimum Gasteiger partial charge on any atom is -0.377 e. The molecule has 8 heteroatoms. The van der Waals surface area contributed by atoms with Crippen LogP contribution in [0.2, 0.25) is 0 Å². The first-order chi connectivity index (χ1) is 16.5. The molecule has 0 saturated carbocycles. The van der Waals surface area contributed by atoms with Crippen LogP contribution in [0.15, 0.2) is 65.6 Å². The Kier molecular flexibility index (Phi) is 7.52. The summed E-state index contributed by atoms with van der Waals surface area (Å²) in [6, 6.07) is 17.1. The first kappa shape index (κ1) is 23.8. The van der Waals surface area contributed by atoms with Gasteiger partial charge in [0.25, 0.3) is 5.56 Å². The van der Waals surface area contributed by atoms with Crippen molar-refractivity contribution < 1.29 is 9.90 Å². The van der Waals surface area contributed by atoms with Gasteiger partial charge in [0.15, 0.2) is 0 Å². The molecule has 1 aliphatic rings. The van der Waals surface area contributed by atoms with Gasteiger partial charge in [-0.05, 0) is 44.4 Å². The Labute approximate surface area is 199 Å². The van der Waals surface area contributed by atoms with Crippen LogP contribution in [0.5, 0.6) is 0 Å². The number of nitrogens with zero attached hydrogens (tertiary/aromatic N) is 2. The zero-order valence-corrected chi connectivity index (χ0v) is 19.5. The maximum atomic E-state index is 13.4. The number of benzene rings is 2. The molecule has 1 amide bonds. The van der Waals surface area contributed by atoms with Crippen LogP contribution in [0.25, 0.3) is 11.4 Å². The topological polar surface area (TPSA) is 108 Å². The van der Waals surface area contributed by atoms with E-state index < -0.39 is 17.8 Å². The van der Waals surface area contributed by atoms with Gasteiger partial charge >= 0.3 is 0 Å². The van der Waals surface area contributed by atoms with Crippen molar-refractivity contribution in [1.29, 1.82) is 0 Å². The highest BCUT2D eigenvalue weighted by molar-refractivity contribution is 5.94. The number of aromatic nitrogens is 2. The fourth-order valence-corrected chi connectivity index (χ4v) is 4.32. The molecular weight excluding hydrogens is 430 g/mol. The molecular formula is C26H31N5O3. The van der Waals surface area contributed by atoms with E-state index in [1.807, 2.05) is 42.5 Å². The summed E-state index contributed by atoms with van der Waals surface area (Å²) in [6.45, 7) is 1.69. The van der Waals surface area contributed by atoms with E-state index in [1.54, 1.807) is 14.0 Å². The Morgan fingerprint density at radius 2 is 1.91 bits per heavy atom. The van der Waals surface area contributed by atoms with Gasteiger partial charge in [0.1, 0.15) is 17.7 Å². The summed E-state index contributed by atoms with van der Waals surface area (Å²) in [6.07, 6.45) is 3.35. The van der Waals surface area contributed by atoms with Crippen molar-refractivity contribution >= 4 is 11.6 Å². The molecule has 0 aliphatic heterocycles. The lowest BCUT2D eigenvalue weighted by molar-refractivity contribution is -0.117. The number of rotatable bonds is 8. The van der Waals surface area contributed by atoms with E-state index in [1.165, 1.54) is 21.9 Å². The van der Waals surface area contributed by atoms with E-state index in [0.29, 0.717) is 5.82 Å². The Balaban J connectivity index is 1.63. The summed E-state index contributed by atoms with van der Waals surface area (Å²) >= 11 is 0. The Morgan fingerprint density at radius 1 is 1.18 bits per heavy atom. The van der Waals surface area contributed by atoms with Gasteiger partial charge in [0, 0.05) is 11.6 Å². The number of fused-ring (bicyclic) bond motifs is 1. The van der Waals surface area contributed by atoms with Gasteiger partial charge in [-0.2, -0.15) is 0 Å². The Morgan fingerprint density at radius 3 is 2.68 bits per heavy atom. The molecule has 2 unspecified atom stereocenters.